The number of allylic oxidation sites excluding steroid dienone is 6. The maximum Gasteiger partial charge on any atom is 0.163 e. The van der Waals surface area contributed by atoms with Crippen molar-refractivity contribution in [3.8, 4) is 0 Å². The number of ketones is 1. The minimum Gasteiger partial charge on any atom is -0.385 e. The smallest absolute Gasteiger partial charge is 0.163 e. The van der Waals surface area contributed by atoms with E-state index in [0.29, 0.717) is 0 Å². The summed E-state index contributed by atoms with van der Waals surface area (Å²) in [4.78, 5) is 11.7. The molecule has 2 rings (SSSR count). The molecule has 2 aliphatic rings. The summed E-state index contributed by atoms with van der Waals surface area (Å²) in [6.45, 7) is 1.73. The summed E-state index contributed by atoms with van der Waals surface area (Å²) in [6.07, 6.45) is 14.3. The lowest BCUT2D eigenvalue weighted by atomic mass is 9.74. The monoisotopic (exact) mass is 202 g/mol. The summed E-state index contributed by atoms with van der Waals surface area (Å²) >= 11 is 0. The Morgan fingerprint density at radius 1 is 1.20 bits per heavy atom. The third-order valence-corrected chi connectivity index (χ3v) is 2.94. The Morgan fingerprint density at radius 2 is 1.93 bits per heavy atom. The normalized spacial score (nSPS) is 38.7. The van der Waals surface area contributed by atoms with E-state index in [0.717, 1.165) is 0 Å². The summed E-state index contributed by atoms with van der Waals surface area (Å²) in [6, 6.07) is 0. The van der Waals surface area contributed by atoms with Crippen LogP contribution in [-0.4, -0.2) is 16.5 Å². The van der Waals surface area contributed by atoms with E-state index in [1.165, 1.54) is 0 Å². The first-order valence-electron chi connectivity index (χ1n) is 5.08. The first kappa shape index (κ1) is 10.1. The van der Waals surface area contributed by atoms with Crippen LogP contribution in [0, 0.1) is 11.8 Å². The van der Waals surface area contributed by atoms with E-state index in [1.807, 2.05) is 30.4 Å². The highest BCUT2D eigenvalue weighted by atomic mass is 16.3. The summed E-state index contributed by atoms with van der Waals surface area (Å²) in [5.74, 6) is -0.356. The Morgan fingerprint density at radius 3 is 2.60 bits per heavy atom. The molecule has 0 bridgehead atoms. The average molecular weight is 202 g/mol. The molecule has 1 N–H and O–H groups in total. The Hall–Kier alpha value is -1.41. The molecule has 15 heavy (non-hydrogen) atoms. The van der Waals surface area contributed by atoms with Crippen LogP contribution in [-0.2, 0) is 4.79 Å². The van der Waals surface area contributed by atoms with Gasteiger partial charge in [-0.05, 0) is 13.0 Å². The van der Waals surface area contributed by atoms with Gasteiger partial charge >= 0.3 is 0 Å². The van der Waals surface area contributed by atoms with Crippen molar-refractivity contribution in [1.82, 2.24) is 0 Å². The van der Waals surface area contributed by atoms with Gasteiger partial charge < -0.3 is 5.11 Å². The summed E-state index contributed by atoms with van der Waals surface area (Å²) in [5.41, 5.74) is -0.940. The number of hydrogen-bond donors (Lipinski definition) is 1. The summed E-state index contributed by atoms with van der Waals surface area (Å²) in [5, 5.41) is 10.2. The van der Waals surface area contributed by atoms with Crippen LogP contribution in [0.25, 0.3) is 0 Å². The van der Waals surface area contributed by atoms with E-state index in [9.17, 15) is 9.90 Å². The van der Waals surface area contributed by atoms with Gasteiger partial charge in [-0.2, -0.15) is 0 Å². The molecule has 0 aliphatic heterocycles. The molecule has 0 heterocycles. The van der Waals surface area contributed by atoms with Crippen molar-refractivity contribution < 1.29 is 9.90 Å². The van der Waals surface area contributed by atoms with Crippen LogP contribution in [0.15, 0.2) is 48.6 Å². The number of rotatable bonds is 1. The fourth-order valence-electron chi connectivity index (χ4n) is 2.06. The SMILES string of the molecule is CC1(O)C=CC=CC1C1C=CC=CC1=O. The second-order valence-corrected chi connectivity index (χ2v) is 4.17. The molecule has 0 saturated heterocycles. The van der Waals surface area contributed by atoms with Crippen molar-refractivity contribution in [2.75, 3.05) is 0 Å². The van der Waals surface area contributed by atoms with Gasteiger partial charge in [-0.25, -0.2) is 0 Å². The molecule has 2 aliphatic carbocycles. The van der Waals surface area contributed by atoms with E-state index in [4.69, 9.17) is 0 Å². The van der Waals surface area contributed by atoms with Gasteiger partial charge in [-0.15, -0.1) is 0 Å². The van der Waals surface area contributed by atoms with Crippen LogP contribution in [0.1, 0.15) is 6.92 Å². The number of hydrogen-bond acceptors (Lipinski definition) is 2. The second-order valence-electron chi connectivity index (χ2n) is 4.17. The van der Waals surface area contributed by atoms with Gasteiger partial charge in [0.15, 0.2) is 5.78 Å². The minimum atomic E-state index is -0.940. The Bertz CT molecular complexity index is 383. The zero-order valence-corrected chi connectivity index (χ0v) is 8.63. The van der Waals surface area contributed by atoms with Crippen molar-refractivity contribution in [3.05, 3.63) is 48.6 Å². The molecule has 2 heteroatoms. The van der Waals surface area contributed by atoms with Gasteiger partial charge in [0, 0.05) is 11.8 Å². The van der Waals surface area contributed by atoms with Crippen molar-refractivity contribution in [2.24, 2.45) is 11.8 Å². The highest BCUT2D eigenvalue weighted by Gasteiger charge is 2.37. The van der Waals surface area contributed by atoms with Crippen molar-refractivity contribution in [3.63, 3.8) is 0 Å². The predicted molar refractivity (Wildman–Crippen MR) is 59.2 cm³/mol. The van der Waals surface area contributed by atoms with Crippen LogP contribution in [0.2, 0.25) is 0 Å². The fraction of sp³-hybridized carbons (Fsp3) is 0.308. The Labute approximate surface area is 89.3 Å². The molecule has 0 saturated carbocycles. The molecular formula is C13H14O2. The van der Waals surface area contributed by atoms with Gasteiger partial charge in [0.2, 0.25) is 0 Å². The molecule has 0 aromatic carbocycles. The lowest BCUT2D eigenvalue weighted by molar-refractivity contribution is -0.119. The average Bonchev–Trinajstić information content (AvgIpc) is 2.19. The van der Waals surface area contributed by atoms with Gasteiger partial charge in [0.1, 0.15) is 0 Å². The number of carbonyl (C=O) groups excluding carboxylic acids is 1. The van der Waals surface area contributed by atoms with Gasteiger partial charge in [-0.1, -0.05) is 42.5 Å². The van der Waals surface area contributed by atoms with Crippen LogP contribution < -0.4 is 0 Å². The molecule has 0 fully saturated rings. The highest BCUT2D eigenvalue weighted by Crippen LogP contribution is 2.33. The highest BCUT2D eigenvalue weighted by molar-refractivity contribution is 5.95. The first-order valence-corrected chi connectivity index (χ1v) is 5.08. The lowest BCUT2D eigenvalue weighted by Gasteiger charge is -2.34. The molecule has 2 nitrogen and oxygen atoms in total. The zero-order chi connectivity index (χ0) is 10.9. The van der Waals surface area contributed by atoms with Gasteiger partial charge in [-0.3, -0.25) is 4.79 Å². The van der Waals surface area contributed by atoms with E-state index >= 15 is 0 Å². The van der Waals surface area contributed by atoms with E-state index in [-0.39, 0.29) is 17.6 Å². The molecular weight excluding hydrogens is 188 g/mol. The van der Waals surface area contributed by atoms with Crippen molar-refractivity contribution in [1.29, 1.82) is 0 Å². The van der Waals surface area contributed by atoms with Crippen LogP contribution in [0.3, 0.4) is 0 Å². The molecule has 0 aromatic heterocycles. The quantitative estimate of drug-likeness (QED) is 0.704. The molecule has 0 spiro atoms. The van der Waals surface area contributed by atoms with Crippen LogP contribution >= 0.6 is 0 Å². The molecule has 0 aromatic rings. The van der Waals surface area contributed by atoms with E-state index in [2.05, 4.69) is 0 Å². The topological polar surface area (TPSA) is 37.3 Å². The Kier molecular flexibility index (Phi) is 2.45. The van der Waals surface area contributed by atoms with Crippen molar-refractivity contribution in [2.45, 2.75) is 12.5 Å². The standard InChI is InChI=1S/C13H14O2/c1-13(15)9-5-4-7-11(13)10-6-2-3-8-12(10)14/h2-11,15H,1H3. The maximum absolute atomic E-state index is 11.7. The van der Waals surface area contributed by atoms with Crippen molar-refractivity contribution >= 4 is 5.78 Å². The first-order chi connectivity index (χ1) is 7.11. The van der Waals surface area contributed by atoms with Crippen LogP contribution in [0.5, 0.6) is 0 Å². The lowest BCUT2D eigenvalue weighted by Crippen LogP contribution is -2.39. The molecule has 78 valence electrons. The molecule has 0 amide bonds. The third-order valence-electron chi connectivity index (χ3n) is 2.94. The zero-order valence-electron chi connectivity index (χ0n) is 8.63. The molecule has 3 unspecified atom stereocenters. The van der Waals surface area contributed by atoms with Gasteiger partial charge in [0.05, 0.1) is 5.60 Å². The predicted octanol–water partition coefficient (Wildman–Crippen LogP) is 1.79. The number of carbonyl (C=O) groups is 1. The third kappa shape index (κ3) is 1.85. The summed E-state index contributed by atoms with van der Waals surface area (Å²) in [7, 11) is 0. The fourth-order valence-corrected chi connectivity index (χ4v) is 2.06. The molecule has 0 radical (unpaired) electrons. The largest absolute Gasteiger partial charge is 0.385 e. The van der Waals surface area contributed by atoms with Gasteiger partial charge in [0.25, 0.3) is 0 Å². The maximum atomic E-state index is 11.7. The second kappa shape index (κ2) is 3.63. The van der Waals surface area contributed by atoms with E-state index in [1.54, 1.807) is 25.2 Å². The van der Waals surface area contributed by atoms with Crippen LogP contribution in [0.4, 0.5) is 0 Å². The minimum absolute atomic E-state index is 0.0581. The summed E-state index contributed by atoms with van der Waals surface area (Å²) < 4.78 is 0. The molecule has 3 atom stereocenters. The Balaban J connectivity index is 2.27. The number of aliphatic hydroxyl groups is 1. The van der Waals surface area contributed by atoms with E-state index < -0.39 is 5.60 Å².